The molecule has 6 rings (SSSR count). The predicted molar refractivity (Wildman–Crippen MR) is 205 cm³/mol. The molecule has 2 aromatic carbocycles. The van der Waals surface area contributed by atoms with Crippen molar-refractivity contribution in [3.63, 3.8) is 0 Å². The fourth-order valence-electron chi connectivity index (χ4n) is 9.16. The number of aliphatic imine (C=N–C) groups is 1. The highest BCUT2D eigenvalue weighted by molar-refractivity contribution is 6.14. The quantitative estimate of drug-likeness (QED) is 0.270. The van der Waals surface area contributed by atoms with Gasteiger partial charge in [-0.2, -0.15) is 0 Å². The van der Waals surface area contributed by atoms with E-state index in [1.165, 1.54) is 63.1 Å². The van der Waals surface area contributed by atoms with Gasteiger partial charge in [0.05, 0.1) is 5.71 Å². The molecule has 2 heterocycles. The van der Waals surface area contributed by atoms with Gasteiger partial charge in [-0.1, -0.05) is 59.7 Å². The van der Waals surface area contributed by atoms with Gasteiger partial charge in [0.2, 0.25) is 0 Å². The zero-order valence-electron chi connectivity index (χ0n) is 31.6. The maximum Gasteiger partial charge on any atom is 0.254 e. The molecule has 1 atom stereocenters. The molecule has 0 aromatic heterocycles. The van der Waals surface area contributed by atoms with E-state index in [4.69, 9.17) is 4.99 Å². The number of benzene rings is 2. The molecule has 2 aromatic rings. The standard InChI is InChI=1S/C44H57N3O2/c1-10-45-38-26-37-35(25-34(38)28(2)27-43(4,5)6)39(31-18-11-12-19-32(31)42(49)46(9)21-13-16-29(3)48)36-24-30-17-14-22-47-23-15-20-33(41(30)47)40(36)44(37,7)8/h11-12,18-19,24-26,28H,10,13-17,20-23,27H2,1-9H3/b45-38+. The van der Waals surface area contributed by atoms with Crippen LogP contribution in [0.3, 0.4) is 0 Å². The zero-order valence-corrected chi connectivity index (χ0v) is 31.6. The van der Waals surface area contributed by atoms with E-state index < -0.39 is 0 Å². The van der Waals surface area contributed by atoms with Crippen molar-refractivity contribution in [1.29, 1.82) is 0 Å². The number of rotatable bonds is 9. The summed E-state index contributed by atoms with van der Waals surface area (Å²) in [4.78, 5) is 35.6. The van der Waals surface area contributed by atoms with Crippen molar-refractivity contribution < 1.29 is 9.59 Å². The number of aryl methyl sites for hydroxylation is 1. The van der Waals surface area contributed by atoms with Crippen LogP contribution in [0.1, 0.15) is 126 Å². The third-order valence-electron chi connectivity index (χ3n) is 11.1. The summed E-state index contributed by atoms with van der Waals surface area (Å²) in [6, 6.07) is 10.7. The second-order valence-corrected chi connectivity index (χ2v) is 16.7. The minimum absolute atomic E-state index is 0.00369. The average molecular weight is 660 g/mol. The van der Waals surface area contributed by atoms with E-state index in [1.54, 1.807) is 11.8 Å². The van der Waals surface area contributed by atoms with Crippen LogP contribution >= 0.6 is 0 Å². The van der Waals surface area contributed by atoms with Gasteiger partial charge in [-0.3, -0.25) is 9.79 Å². The first kappa shape index (κ1) is 35.1. The molecule has 0 saturated carbocycles. The summed E-state index contributed by atoms with van der Waals surface area (Å²) in [5.74, 6) is 0.485. The molecule has 0 N–H and O–H groups in total. The molecule has 5 nitrogen and oxygen atoms in total. The molecule has 0 spiro atoms. The summed E-state index contributed by atoms with van der Waals surface area (Å²) in [5.41, 5.74) is 14.9. The van der Waals surface area contributed by atoms with Gasteiger partial charge in [0.15, 0.2) is 0 Å². The van der Waals surface area contributed by atoms with Crippen molar-refractivity contribution in [2.45, 2.75) is 106 Å². The van der Waals surface area contributed by atoms with Gasteiger partial charge in [-0.05, 0) is 138 Å². The second kappa shape index (κ2) is 13.5. The molecule has 260 valence electrons. The van der Waals surface area contributed by atoms with Crippen LogP contribution < -0.4 is 4.90 Å². The lowest BCUT2D eigenvalue weighted by atomic mass is 9.60. The third-order valence-corrected chi connectivity index (χ3v) is 11.1. The first-order valence-corrected chi connectivity index (χ1v) is 18.7. The van der Waals surface area contributed by atoms with Crippen molar-refractivity contribution in [2.75, 3.05) is 38.1 Å². The Kier molecular flexibility index (Phi) is 9.69. The Bertz CT molecular complexity index is 1790. The molecule has 2 aliphatic heterocycles. The maximum absolute atomic E-state index is 14.3. The minimum Gasteiger partial charge on any atom is -0.371 e. The lowest BCUT2D eigenvalue weighted by Crippen LogP contribution is -2.39. The van der Waals surface area contributed by atoms with Crippen LogP contribution in [0.2, 0.25) is 0 Å². The molecular formula is C44H57N3O2. The molecule has 0 fully saturated rings. The van der Waals surface area contributed by atoms with Gasteiger partial charge in [0.1, 0.15) is 5.78 Å². The van der Waals surface area contributed by atoms with Crippen LogP contribution in [0.5, 0.6) is 0 Å². The topological polar surface area (TPSA) is 53.0 Å². The van der Waals surface area contributed by atoms with Crippen LogP contribution in [0.4, 0.5) is 5.69 Å². The third kappa shape index (κ3) is 6.62. The molecule has 0 bridgehead atoms. The van der Waals surface area contributed by atoms with Crippen LogP contribution in [-0.4, -0.2) is 55.5 Å². The maximum atomic E-state index is 14.3. The first-order valence-electron chi connectivity index (χ1n) is 18.7. The van der Waals surface area contributed by atoms with E-state index in [1.807, 2.05) is 19.2 Å². The number of carbonyl (C=O) groups excluding carboxylic acids is 2. The Labute approximate surface area is 295 Å². The van der Waals surface area contributed by atoms with E-state index in [-0.39, 0.29) is 22.5 Å². The van der Waals surface area contributed by atoms with Crippen molar-refractivity contribution in [1.82, 2.24) is 4.90 Å². The van der Waals surface area contributed by atoms with Crippen molar-refractivity contribution >= 4 is 28.7 Å². The fourth-order valence-corrected chi connectivity index (χ4v) is 9.16. The van der Waals surface area contributed by atoms with Gasteiger partial charge in [0.25, 0.3) is 5.91 Å². The highest BCUT2D eigenvalue weighted by Crippen LogP contribution is 2.55. The lowest BCUT2D eigenvalue weighted by molar-refractivity contribution is -0.117. The monoisotopic (exact) mass is 659 g/mol. The Morgan fingerprint density at radius 1 is 1.04 bits per heavy atom. The number of Topliss-reactive ketones (excluding diaryl/α,β-unsaturated/α-hetero) is 1. The number of amides is 1. The van der Waals surface area contributed by atoms with Gasteiger partial charge in [0, 0.05) is 56.3 Å². The summed E-state index contributed by atoms with van der Waals surface area (Å²) in [6.45, 7) is 21.5. The Hall–Kier alpha value is -3.73. The SMILES string of the molecule is CC/N=C1\C=C2C(=C(c3ccccc3C(=O)N(C)CCCC(C)=O)c3cc4c5c(c3C2(C)C)CCCN5CCC4)C=C1C(C)CC(C)(C)C. The highest BCUT2D eigenvalue weighted by Gasteiger charge is 2.44. The van der Waals surface area contributed by atoms with Crippen molar-refractivity contribution in [3.05, 3.63) is 92.6 Å². The number of ketones is 1. The normalized spacial score (nSPS) is 19.4. The van der Waals surface area contributed by atoms with Crippen LogP contribution in [0.15, 0.2) is 64.2 Å². The summed E-state index contributed by atoms with van der Waals surface area (Å²) in [6.07, 6.45) is 11.6. The molecule has 0 radical (unpaired) electrons. The number of nitrogens with zero attached hydrogens (tertiary/aromatic N) is 3. The lowest BCUT2D eigenvalue weighted by Gasteiger charge is -2.46. The zero-order chi connectivity index (χ0) is 35.2. The molecule has 4 aliphatic rings. The Balaban J connectivity index is 1.65. The highest BCUT2D eigenvalue weighted by atomic mass is 16.2. The minimum atomic E-state index is -0.245. The number of allylic oxidation sites excluding steroid dienone is 5. The second-order valence-electron chi connectivity index (χ2n) is 16.7. The van der Waals surface area contributed by atoms with E-state index in [0.717, 1.165) is 55.7 Å². The Morgan fingerprint density at radius 2 is 1.76 bits per heavy atom. The number of hydrogen-bond donors (Lipinski definition) is 0. The number of anilines is 1. The first-order chi connectivity index (χ1) is 23.2. The van der Waals surface area contributed by atoms with Crippen molar-refractivity contribution in [3.8, 4) is 0 Å². The smallest absolute Gasteiger partial charge is 0.254 e. The molecule has 1 unspecified atom stereocenters. The van der Waals surface area contributed by atoms with Crippen LogP contribution in [0.25, 0.3) is 5.57 Å². The van der Waals surface area contributed by atoms with Gasteiger partial charge in [-0.25, -0.2) is 0 Å². The average Bonchev–Trinajstić information content (AvgIpc) is 3.04. The molecule has 2 aliphatic carbocycles. The van der Waals surface area contributed by atoms with E-state index in [2.05, 4.69) is 83.7 Å². The number of hydrogen-bond acceptors (Lipinski definition) is 4. The summed E-state index contributed by atoms with van der Waals surface area (Å²) in [5, 5.41) is 0. The fraction of sp³-hybridized carbons (Fsp3) is 0.523. The van der Waals surface area contributed by atoms with Gasteiger partial charge < -0.3 is 14.6 Å². The van der Waals surface area contributed by atoms with E-state index in [0.29, 0.717) is 25.3 Å². The predicted octanol–water partition coefficient (Wildman–Crippen LogP) is 9.32. The van der Waals surface area contributed by atoms with Crippen molar-refractivity contribution in [2.24, 2.45) is 16.3 Å². The van der Waals surface area contributed by atoms with Crippen LogP contribution in [-0.2, 0) is 23.1 Å². The molecule has 1 amide bonds. The Morgan fingerprint density at radius 3 is 2.45 bits per heavy atom. The van der Waals surface area contributed by atoms with E-state index >= 15 is 0 Å². The summed E-state index contributed by atoms with van der Waals surface area (Å²) >= 11 is 0. The van der Waals surface area contributed by atoms with E-state index in [9.17, 15) is 9.59 Å². The van der Waals surface area contributed by atoms with Crippen LogP contribution in [0, 0.1) is 11.3 Å². The molecular weight excluding hydrogens is 603 g/mol. The molecule has 49 heavy (non-hydrogen) atoms. The van der Waals surface area contributed by atoms with Gasteiger partial charge in [-0.15, -0.1) is 0 Å². The molecule has 0 saturated heterocycles. The van der Waals surface area contributed by atoms with Gasteiger partial charge >= 0.3 is 0 Å². The number of carbonyl (C=O) groups is 2. The summed E-state index contributed by atoms with van der Waals surface area (Å²) in [7, 11) is 1.87. The number of fused-ring (bicyclic) bond motifs is 3. The largest absolute Gasteiger partial charge is 0.371 e. The molecule has 5 heteroatoms. The summed E-state index contributed by atoms with van der Waals surface area (Å²) < 4.78 is 0.